The van der Waals surface area contributed by atoms with Gasteiger partial charge in [0.05, 0.1) is 0 Å². The van der Waals surface area contributed by atoms with Crippen molar-refractivity contribution in [3.63, 3.8) is 0 Å². The summed E-state index contributed by atoms with van der Waals surface area (Å²) in [5, 5.41) is 3.05. The molecule has 0 aromatic carbocycles. The van der Waals surface area contributed by atoms with Crippen molar-refractivity contribution in [2.45, 2.75) is 38.8 Å². The summed E-state index contributed by atoms with van der Waals surface area (Å²) in [7, 11) is 1.87. The molecule has 1 aromatic heterocycles. The lowest BCUT2D eigenvalue weighted by Crippen LogP contribution is -2.55. The first-order valence-corrected chi connectivity index (χ1v) is 7.21. The summed E-state index contributed by atoms with van der Waals surface area (Å²) in [6, 6.07) is 3.33. The van der Waals surface area contributed by atoms with E-state index >= 15 is 0 Å². The summed E-state index contributed by atoms with van der Waals surface area (Å²) in [6.07, 6.45) is 2.67. The van der Waals surface area contributed by atoms with Crippen LogP contribution >= 0.6 is 0 Å². The number of nitrogens with zero attached hydrogens (tertiary/aromatic N) is 4. The monoisotopic (exact) mass is 261 g/mol. The van der Waals surface area contributed by atoms with E-state index in [4.69, 9.17) is 0 Å². The number of anilines is 2. The number of hydrogen-bond donors (Lipinski definition) is 1. The van der Waals surface area contributed by atoms with E-state index in [0.29, 0.717) is 12.1 Å². The largest absolute Gasteiger partial charge is 0.357 e. The van der Waals surface area contributed by atoms with Gasteiger partial charge in [-0.15, -0.1) is 0 Å². The molecule has 5 heteroatoms. The molecule has 0 aliphatic carbocycles. The average Bonchev–Trinajstić information content (AvgIpc) is 2.84. The molecule has 19 heavy (non-hydrogen) atoms. The third kappa shape index (κ3) is 2.39. The number of piperazine rings is 1. The molecule has 0 saturated carbocycles. The summed E-state index contributed by atoms with van der Waals surface area (Å²) in [5.74, 6) is 1.78. The number of hydrogen-bond acceptors (Lipinski definition) is 5. The van der Waals surface area contributed by atoms with E-state index in [1.54, 1.807) is 0 Å². The zero-order chi connectivity index (χ0) is 13.4. The molecule has 104 valence electrons. The maximum atomic E-state index is 4.63. The molecule has 2 aliphatic heterocycles. The molecule has 5 nitrogen and oxygen atoms in total. The fourth-order valence-electron chi connectivity index (χ4n) is 3.32. The van der Waals surface area contributed by atoms with Crippen LogP contribution in [0.4, 0.5) is 11.8 Å². The molecule has 0 amide bonds. The van der Waals surface area contributed by atoms with Gasteiger partial charge < -0.3 is 10.2 Å². The minimum Gasteiger partial charge on any atom is -0.357 e. The Bertz CT molecular complexity index is 461. The van der Waals surface area contributed by atoms with Crippen molar-refractivity contribution >= 4 is 11.8 Å². The highest BCUT2D eigenvalue weighted by Crippen LogP contribution is 2.28. The quantitative estimate of drug-likeness (QED) is 0.874. The molecule has 2 aliphatic rings. The Kier molecular flexibility index (Phi) is 3.31. The van der Waals surface area contributed by atoms with Crippen molar-refractivity contribution in [3.05, 3.63) is 11.8 Å². The maximum Gasteiger partial charge on any atom is 0.224 e. The minimum absolute atomic E-state index is 0.522. The Morgan fingerprint density at radius 2 is 2.16 bits per heavy atom. The van der Waals surface area contributed by atoms with Crippen molar-refractivity contribution in [2.24, 2.45) is 0 Å². The van der Waals surface area contributed by atoms with E-state index in [1.165, 1.54) is 19.4 Å². The maximum absolute atomic E-state index is 4.63. The van der Waals surface area contributed by atoms with Gasteiger partial charge in [0.15, 0.2) is 0 Å². The third-order valence-corrected chi connectivity index (χ3v) is 4.30. The minimum atomic E-state index is 0.522. The van der Waals surface area contributed by atoms with Crippen molar-refractivity contribution in [1.29, 1.82) is 0 Å². The zero-order valence-electron chi connectivity index (χ0n) is 12.1. The molecule has 0 spiro atoms. The van der Waals surface area contributed by atoms with Crippen LogP contribution in [0.1, 0.15) is 25.5 Å². The summed E-state index contributed by atoms with van der Waals surface area (Å²) >= 11 is 0. The molecule has 1 N–H and O–H groups in total. The van der Waals surface area contributed by atoms with Crippen LogP contribution in [0.5, 0.6) is 0 Å². The SMILES string of the molecule is CNc1nc(C)cc(N2CC3CCCN3CC2C)n1. The second-order valence-corrected chi connectivity index (χ2v) is 5.73. The highest BCUT2D eigenvalue weighted by Gasteiger charge is 2.35. The number of rotatable bonds is 2. The lowest BCUT2D eigenvalue weighted by molar-refractivity contribution is 0.202. The highest BCUT2D eigenvalue weighted by atomic mass is 15.3. The molecule has 2 fully saturated rings. The van der Waals surface area contributed by atoms with Crippen LogP contribution < -0.4 is 10.2 Å². The molecule has 2 unspecified atom stereocenters. The van der Waals surface area contributed by atoms with Gasteiger partial charge in [0.1, 0.15) is 5.82 Å². The first-order valence-electron chi connectivity index (χ1n) is 7.21. The van der Waals surface area contributed by atoms with Gasteiger partial charge in [-0.1, -0.05) is 0 Å². The Labute approximate surface area is 115 Å². The Balaban J connectivity index is 1.86. The second-order valence-electron chi connectivity index (χ2n) is 5.73. The first-order chi connectivity index (χ1) is 9.17. The standard InChI is InChI=1S/C14H23N5/c1-10-7-13(17-14(15-3)16-10)19-9-12-5-4-6-18(12)8-11(19)2/h7,11-12H,4-6,8-9H2,1-3H3,(H,15,16,17). The normalized spacial score (nSPS) is 27.4. The van der Waals surface area contributed by atoms with Crippen LogP contribution in [-0.4, -0.2) is 53.6 Å². The molecule has 2 saturated heterocycles. The molecule has 3 heterocycles. The first kappa shape index (κ1) is 12.7. The lowest BCUT2D eigenvalue weighted by atomic mass is 10.1. The van der Waals surface area contributed by atoms with Gasteiger partial charge in [0.2, 0.25) is 5.95 Å². The van der Waals surface area contributed by atoms with Crippen LogP contribution in [0.3, 0.4) is 0 Å². The van der Waals surface area contributed by atoms with Crippen molar-refractivity contribution < 1.29 is 0 Å². The van der Waals surface area contributed by atoms with Crippen molar-refractivity contribution in [2.75, 3.05) is 36.9 Å². The lowest BCUT2D eigenvalue weighted by Gasteiger charge is -2.43. The molecule has 0 radical (unpaired) electrons. The Hall–Kier alpha value is -1.36. The summed E-state index contributed by atoms with van der Waals surface area (Å²) in [5.41, 5.74) is 1.02. The fraction of sp³-hybridized carbons (Fsp3) is 0.714. The van der Waals surface area contributed by atoms with Crippen LogP contribution in [0.25, 0.3) is 0 Å². The summed E-state index contributed by atoms with van der Waals surface area (Å²) < 4.78 is 0. The van der Waals surface area contributed by atoms with Gasteiger partial charge in [-0.2, -0.15) is 4.98 Å². The van der Waals surface area contributed by atoms with E-state index < -0.39 is 0 Å². The van der Waals surface area contributed by atoms with Crippen LogP contribution in [0.2, 0.25) is 0 Å². The van der Waals surface area contributed by atoms with E-state index in [1.807, 2.05) is 14.0 Å². The van der Waals surface area contributed by atoms with Gasteiger partial charge in [0.25, 0.3) is 0 Å². The average molecular weight is 261 g/mol. The Morgan fingerprint density at radius 1 is 1.32 bits per heavy atom. The topological polar surface area (TPSA) is 44.3 Å². The van der Waals surface area contributed by atoms with E-state index in [9.17, 15) is 0 Å². The van der Waals surface area contributed by atoms with Gasteiger partial charge in [-0.05, 0) is 33.2 Å². The van der Waals surface area contributed by atoms with E-state index in [-0.39, 0.29) is 0 Å². The molecule has 0 bridgehead atoms. The molecular weight excluding hydrogens is 238 g/mol. The summed E-state index contributed by atoms with van der Waals surface area (Å²) in [6.45, 7) is 7.85. The van der Waals surface area contributed by atoms with Crippen LogP contribution in [0, 0.1) is 6.92 Å². The smallest absolute Gasteiger partial charge is 0.224 e. The van der Waals surface area contributed by atoms with Gasteiger partial charge >= 0.3 is 0 Å². The third-order valence-electron chi connectivity index (χ3n) is 4.30. The van der Waals surface area contributed by atoms with E-state index in [0.717, 1.165) is 30.5 Å². The predicted octanol–water partition coefficient (Wildman–Crippen LogP) is 1.50. The predicted molar refractivity (Wildman–Crippen MR) is 77.7 cm³/mol. The van der Waals surface area contributed by atoms with Crippen molar-refractivity contribution in [3.8, 4) is 0 Å². The number of nitrogens with one attached hydrogen (secondary N) is 1. The van der Waals surface area contributed by atoms with Crippen molar-refractivity contribution in [1.82, 2.24) is 14.9 Å². The zero-order valence-corrected chi connectivity index (χ0v) is 12.1. The molecule has 3 rings (SSSR count). The molecule has 2 atom stereocenters. The summed E-state index contributed by atoms with van der Waals surface area (Å²) in [4.78, 5) is 14.1. The number of aromatic nitrogens is 2. The van der Waals surface area contributed by atoms with Gasteiger partial charge in [0, 0.05) is 44.0 Å². The number of aryl methyl sites for hydroxylation is 1. The molecule has 1 aromatic rings. The number of fused-ring (bicyclic) bond motifs is 1. The van der Waals surface area contributed by atoms with Gasteiger partial charge in [-0.3, -0.25) is 4.90 Å². The molecular formula is C14H23N5. The van der Waals surface area contributed by atoms with Crippen LogP contribution in [0.15, 0.2) is 6.07 Å². The highest BCUT2D eigenvalue weighted by molar-refractivity contribution is 5.46. The Morgan fingerprint density at radius 3 is 2.95 bits per heavy atom. The fourth-order valence-corrected chi connectivity index (χ4v) is 3.32. The van der Waals surface area contributed by atoms with Gasteiger partial charge in [-0.25, -0.2) is 4.98 Å². The van der Waals surface area contributed by atoms with Crippen LogP contribution in [-0.2, 0) is 0 Å². The second kappa shape index (κ2) is 4.96. The van der Waals surface area contributed by atoms with E-state index in [2.05, 4.69) is 38.1 Å².